The first-order valence-corrected chi connectivity index (χ1v) is 11.3. The number of carbonyl (C=O) groups excluding carboxylic acids is 1. The van der Waals surface area contributed by atoms with Crippen molar-refractivity contribution in [2.75, 3.05) is 0 Å². The molecule has 9 nitrogen and oxygen atoms in total. The number of nitrogens with zero attached hydrogens (tertiary/aromatic N) is 2. The Morgan fingerprint density at radius 3 is 2.64 bits per heavy atom. The number of aliphatic carboxylic acids is 1. The van der Waals surface area contributed by atoms with Crippen LogP contribution in [0.4, 0.5) is 0 Å². The molecule has 2 aromatic rings. The molecule has 3 N–H and O–H groups in total. The summed E-state index contributed by atoms with van der Waals surface area (Å²) in [6.45, 7) is 7.70. The molecule has 1 heterocycles. The van der Waals surface area contributed by atoms with Gasteiger partial charge in [0.2, 0.25) is 5.91 Å². The number of carboxylic acids is 1. The van der Waals surface area contributed by atoms with Crippen LogP contribution in [0, 0.1) is 6.92 Å². The molecule has 0 unspecified atom stereocenters. The summed E-state index contributed by atoms with van der Waals surface area (Å²) >= 11 is 0. The number of ether oxygens (including phenoxy) is 1. The summed E-state index contributed by atoms with van der Waals surface area (Å²) in [7, 11) is 0. The molecule has 9 heteroatoms. The number of carbonyl (C=O) groups is 2. The van der Waals surface area contributed by atoms with Gasteiger partial charge < -0.3 is 25.0 Å². The molecule has 178 valence electrons. The van der Waals surface area contributed by atoms with E-state index in [1.807, 2.05) is 45.0 Å². The number of benzene rings is 1. The molecule has 0 saturated heterocycles. The second-order valence-corrected chi connectivity index (χ2v) is 8.28. The van der Waals surface area contributed by atoms with Gasteiger partial charge in [-0.25, -0.2) is 4.79 Å². The minimum absolute atomic E-state index is 0.0369. The molecular formula is C24H32N4O5. The monoisotopic (exact) mass is 456 g/mol. The number of rotatable bonds is 10. The van der Waals surface area contributed by atoms with Crippen molar-refractivity contribution in [2.24, 2.45) is 0 Å². The van der Waals surface area contributed by atoms with Crippen LogP contribution in [0.5, 0.6) is 0 Å². The standard InChI is InChI=1S/C24H32N4O5/c1-5-17(6-2)32-20-12-16(24(30)31)11-19(22(20)26-15(4)29)25-13-21-27-23(33-28-21)18-10-8-7-9-14(18)3/h7-10,12,17,19-20,22,25H,5-6,11,13H2,1-4H3,(H,26,29)(H,30,31)/t19-,20+,22+/m0/s1. The largest absolute Gasteiger partial charge is 0.478 e. The van der Waals surface area contributed by atoms with E-state index in [1.54, 1.807) is 6.08 Å². The van der Waals surface area contributed by atoms with Crippen molar-refractivity contribution in [3.8, 4) is 11.5 Å². The van der Waals surface area contributed by atoms with Crippen LogP contribution < -0.4 is 10.6 Å². The second-order valence-electron chi connectivity index (χ2n) is 8.28. The molecule has 1 aromatic carbocycles. The van der Waals surface area contributed by atoms with Crippen molar-refractivity contribution >= 4 is 11.9 Å². The molecule has 1 aromatic heterocycles. The van der Waals surface area contributed by atoms with Crippen molar-refractivity contribution < 1.29 is 24.0 Å². The topological polar surface area (TPSA) is 127 Å². The summed E-state index contributed by atoms with van der Waals surface area (Å²) in [6, 6.07) is 6.91. The summed E-state index contributed by atoms with van der Waals surface area (Å²) < 4.78 is 11.6. The molecule has 1 aliphatic rings. The highest BCUT2D eigenvalue weighted by Crippen LogP contribution is 2.25. The third kappa shape index (κ3) is 6.27. The van der Waals surface area contributed by atoms with Crippen LogP contribution in [-0.4, -0.2) is 51.4 Å². The Hall–Kier alpha value is -3.04. The zero-order chi connectivity index (χ0) is 24.0. The maximum Gasteiger partial charge on any atom is 0.331 e. The summed E-state index contributed by atoms with van der Waals surface area (Å²) in [6.07, 6.45) is 2.82. The van der Waals surface area contributed by atoms with E-state index in [4.69, 9.17) is 9.26 Å². The van der Waals surface area contributed by atoms with Gasteiger partial charge in [-0.15, -0.1) is 0 Å². The van der Waals surface area contributed by atoms with E-state index < -0.39 is 18.1 Å². The van der Waals surface area contributed by atoms with Gasteiger partial charge in [0.15, 0.2) is 5.82 Å². The molecular weight excluding hydrogens is 424 g/mol. The quantitative estimate of drug-likeness (QED) is 0.498. The number of amides is 1. The highest BCUT2D eigenvalue weighted by atomic mass is 16.5. The van der Waals surface area contributed by atoms with Crippen molar-refractivity contribution in [2.45, 2.75) is 77.8 Å². The van der Waals surface area contributed by atoms with E-state index in [-0.39, 0.29) is 36.6 Å². The van der Waals surface area contributed by atoms with Crippen LogP contribution in [0.1, 0.15) is 51.4 Å². The fourth-order valence-electron chi connectivity index (χ4n) is 4.04. The Balaban J connectivity index is 1.79. The lowest BCUT2D eigenvalue weighted by atomic mass is 9.87. The number of nitrogens with one attached hydrogen (secondary N) is 2. The zero-order valence-electron chi connectivity index (χ0n) is 19.5. The van der Waals surface area contributed by atoms with Crippen LogP contribution in [0.3, 0.4) is 0 Å². The van der Waals surface area contributed by atoms with Gasteiger partial charge in [0, 0.05) is 24.1 Å². The minimum Gasteiger partial charge on any atom is -0.478 e. The molecule has 0 radical (unpaired) electrons. The number of hydrogen-bond acceptors (Lipinski definition) is 7. The van der Waals surface area contributed by atoms with E-state index in [0.717, 1.165) is 24.0 Å². The van der Waals surface area contributed by atoms with Gasteiger partial charge in [-0.1, -0.05) is 37.2 Å². The van der Waals surface area contributed by atoms with Crippen LogP contribution in [0.25, 0.3) is 11.5 Å². The third-order valence-corrected chi connectivity index (χ3v) is 5.86. The maximum atomic E-state index is 11.9. The van der Waals surface area contributed by atoms with Crippen LogP contribution in [-0.2, 0) is 20.9 Å². The number of hydrogen-bond donors (Lipinski definition) is 3. The molecule has 0 bridgehead atoms. The van der Waals surface area contributed by atoms with Crippen molar-refractivity contribution in [1.82, 2.24) is 20.8 Å². The Morgan fingerprint density at radius 1 is 1.27 bits per heavy atom. The first-order valence-electron chi connectivity index (χ1n) is 11.3. The highest BCUT2D eigenvalue weighted by Gasteiger charge is 2.37. The molecule has 0 fully saturated rings. The van der Waals surface area contributed by atoms with Crippen molar-refractivity contribution in [3.05, 3.63) is 47.3 Å². The minimum atomic E-state index is -0.998. The Morgan fingerprint density at radius 2 is 2.00 bits per heavy atom. The molecule has 3 rings (SSSR count). The van der Waals surface area contributed by atoms with Crippen LogP contribution in [0.15, 0.2) is 40.4 Å². The van der Waals surface area contributed by atoms with Gasteiger partial charge in [0.05, 0.1) is 24.8 Å². The number of carboxylic acid groups (broad SMARTS) is 1. The average Bonchev–Trinajstić information content (AvgIpc) is 3.25. The molecule has 33 heavy (non-hydrogen) atoms. The normalized spacial score (nSPS) is 20.5. The van der Waals surface area contributed by atoms with E-state index in [2.05, 4.69) is 20.8 Å². The molecule has 0 saturated carbocycles. The fraction of sp³-hybridized carbons (Fsp3) is 0.500. The SMILES string of the molecule is CCC(CC)O[C@@H]1C=C(C(=O)O)C[C@H](NCc2noc(-c3ccccc3C)n2)[C@H]1NC(C)=O. The predicted octanol–water partition coefficient (Wildman–Crippen LogP) is 3.00. The summed E-state index contributed by atoms with van der Waals surface area (Å²) in [5, 5.41) is 20.0. The fourth-order valence-corrected chi connectivity index (χ4v) is 4.04. The van der Waals surface area contributed by atoms with E-state index in [0.29, 0.717) is 11.7 Å². The molecule has 3 atom stereocenters. The van der Waals surface area contributed by atoms with Gasteiger partial charge in [-0.2, -0.15) is 4.98 Å². The van der Waals surface area contributed by atoms with Gasteiger partial charge in [-0.3, -0.25) is 4.79 Å². The molecule has 1 aliphatic carbocycles. The summed E-state index contributed by atoms with van der Waals surface area (Å²) in [5.41, 5.74) is 2.13. The van der Waals surface area contributed by atoms with E-state index in [9.17, 15) is 14.7 Å². The van der Waals surface area contributed by atoms with Crippen molar-refractivity contribution in [3.63, 3.8) is 0 Å². The predicted molar refractivity (Wildman–Crippen MR) is 122 cm³/mol. The zero-order valence-corrected chi connectivity index (χ0v) is 19.5. The van der Waals surface area contributed by atoms with Crippen molar-refractivity contribution in [1.29, 1.82) is 0 Å². The van der Waals surface area contributed by atoms with Crippen LogP contribution >= 0.6 is 0 Å². The summed E-state index contributed by atoms with van der Waals surface area (Å²) in [5.74, 6) is -0.340. The first kappa shape index (κ1) is 24.6. The van der Waals surface area contributed by atoms with Gasteiger partial charge >= 0.3 is 5.97 Å². The van der Waals surface area contributed by atoms with Gasteiger partial charge in [-0.05, 0) is 43.9 Å². The Labute approximate surface area is 193 Å². The van der Waals surface area contributed by atoms with Gasteiger partial charge in [0.1, 0.15) is 0 Å². The summed E-state index contributed by atoms with van der Waals surface area (Å²) in [4.78, 5) is 28.2. The molecule has 0 spiro atoms. The smallest absolute Gasteiger partial charge is 0.331 e. The third-order valence-electron chi connectivity index (χ3n) is 5.86. The lowest BCUT2D eigenvalue weighted by Gasteiger charge is -2.38. The van der Waals surface area contributed by atoms with E-state index >= 15 is 0 Å². The average molecular weight is 457 g/mol. The number of aryl methyl sites for hydroxylation is 1. The number of aromatic nitrogens is 2. The van der Waals surface area contributed by atoms with Gasteiger partial charge in [0.25, 0.3) is 5.89 Å². The Bertz CT molecular complexity index is 998. The highest BCUT2D eigenvalue weighted by molar-refractivity contribution is 5.87. The van der Waals surface area contributed by atoms with Crippen LogP contribution in [0.2, 0.25) is 0 Å². The maximum absolute atomic E-state index is 11.9. The first-order chi connectivity index (χ1) is 15.8. The Kier molecular flexibility index (Phi) is 8.35. The molecule has 1 amide bonds. The lowest BCUT2D eigenvalue weighted by Crippen LogP contribution is -2.58. The second kappa shape index (κ2) is 11.2. The lowest BCUT2D eigenvalue weighted by molar-refractivity contribution is -0.133. The van der Waals surface area contributed by atoms with E-state index in [1.165, 1.54) is 6.92 Å². The molecule has 0 aliphatic heterocycles.